The molecule has 2 aromatic carbocycles. The minimum Gasteiger partial charge on any atom is -0.489 e. The Morgan fingerprint density at radius 1 is 1.15 bits per heavy atom. The zero-order valence-corrected chi connectivity index (χ0v) is 18.8. The maximum absolute atomic E-state index is 11.4. The number of pyridine rings is 1. The lowest BCUT2D eigenvalue weighted by molar-refractivity contribution is -0.144. The van der Waals surface area contributed by atoms with Crippen LogP contribution in [0.3, 0.4) is 0 Å². The third-order valence-corrected chi connectivity index (χ3v) is 6.12. The average Bonchev–Trinajstić information content (AvgIpc) is 3.54. The number of aryl methyl sites for hydroxylation is 1. The van der Waals surface area contributed by atoms with Crippen molar-refractivity contribution in [1.29, 1.82) is 0 Å². The summed E-state index contributed by atoms with van der Waals surface area (Å²) in [6.45, 7) is 3.06. The molecule has 0 spiro atoms. The number of hydrogen-bond donors (Lipinski definition) is 3. The predicted octanol–water partition coefficient (Wildman–Crippen LogP) is 3.30. The van der Waals surface area contributed by atoms with Gasteiger partial charge in [0.25, 0.3) is 0 Å². The molecular weight excluding hydrogens is 438 g/mol. The van der Waals surface area contributed by atoms with Crippen LogP contribution in [0.2, 0.25) is 0 Å². The Morgan fingerprint density at radius 2 is 1.91 bits per heavy atom. The Labute approximate surface area is 196 Å². The van der Waals surface area contributed by atoms with E-state index in [0.29, 0.717) is 19.6 Å². The van der Waals surface area contributed by atoms with Gasteiger partial charge in [0.15, 0.2) is 0 Å². The summed E-state index contributed by atoms with van der Waals surface area (Å²) in [7, 11) is 0. The highest BCUT2D eigenvalue weighted by molar-refractivity contribution is 6.01. The smallest absolute Gasteiger partial charge is 0.309 e. The van der Waals surface area contributed by atoms with Crippen molar-refractivity contribution in [1.82, 2.24) is 4.98 Å². The van der Waals surface area contributed by atoms with Crippen molar-refractivity contribution in [3.63, 3.8) is 0 Å². The van der Waals surface area contributed by atoms with Gasteiger partial charge in [-0.1, -0.05) is 23.4 Å². The standard InChI is InChI=1S/C25H24N2O5.H3NO/c1-15-10-17(19-4-2-3-5-22(19)26-15)12-31-18-8-6-16(7-9-18)23-11-24(32-27-23)20-13-30-14-21(20)25(28)29;1-2/h2-10,20-21,24H,11-14H2,1H3,(H,28,29);2H,1H2/t20-,21+,24?;/m1./s1. The summed E-state index contributed by atoms with van der Waals surface area (Å²) < 4.78 is 11.4. The van der Waals surface area contributed by atoms with E-state index < -0.39 is 11.9 Å². The Balaban J connectivity index is 0.00000133. The van der Waals surface area contributed by atoms with Crippen molar-refractivity contribution < 1.29 is 29.4 Å². The molecule has 2 aliphatic rings. The summed E-state index contributed by atoms with van der Waals surface area (Å²) in [5, 5.41) is 21.2. The number of nitrogens with two attached hydrogens (primary N) is 1. The van der Waals surface area contributed by atoms with E-state index in [0.717, 1.165) is 39.2 Å². The van der Waals surface area contributed by atoms with Gasteiger partial charge in [-0.15, -0.1) is 0 Å². The van der Waals surface area contributed by atoms with E-state index in [1.807, 2.05) is 49.4 Å². The summed E-state index contributed by atoms with van der Waals surface area (Å²) in [5.74, 6) is 2.69. The van der Waals surface area contributed by atoms with Crippen LogP contribution in [0.15, 0.2) is 59.8 Å². The number of aromatic nitrogens is 1. The summed E-state index contributed by atoms with van der Waals surface area (Å²) in [6, 6.07) is 17.9. The molecule has 3 atom stereocenters. The van der Waals surface area contributed by atoms with Crippen molar-refractivity contribution in [2.45, 2.75) is 26.1 Å². The van der Waals surface area contributed by atoms with Gasteiger partial charge in [-0.25, -0.2) is 5.90 Å². The number of benzene rings is 2. The van der Waals surface area contributed by atoms with E-state index >= 15 is 0 Å². The van der Waals surface area contributed by atoms with E-state index in [1.165, 1.54) is 0 Å². The highest BCUT2D eigenvalue weighted by Crippen LogP contribution is 2.32. The lowest BCUT2D eigenvalue weighted by Gasteiger charge is -2.18. The quantitative estimate of drug-likeness (QED) is 0.472. The summed E-state index contributed by atoms with van der Waals surface area (Å²) >= 11 is 0. The molecule has 1 aromatic heterocycles. The molecule has 0 aliphatic carbocycles. The minimum absolute atomic E-state index is 0.185. The van der Waals surface area contributed by atoms with Crippen molar-refractivity contribution in [2.24, 2.45) is 22.9 Å². The number of nitrogens with zero attached hydrogens (tertiary/aromatic N) is 2. The number of oxime groups is 1. The Kier molecular flexibility index (Phi) is 7.36. The Bertz CT molecular complexity index is 1180. The molecule has 1 unspecified atom stereocenters. The normalized spacial score (nSPS) is 21.4. The van der Waals surface area contributed by atoms with E-state index in [-0.39, 0.29) is 18.6 Å². The Morgan fingerprint density at radius 3 is 2.68 bits per heavy atom. The topological polar surface area (TPSA) is 136 Å². The molecule has 4 N–H and O–H groups in total. The number of carboxylic acids is 1. The van der Waals surface area contributed by atoms with E-state index in [4.69, 9.17) is 19.5 Å². The summed E-state index contributed by atoms with van der Waals surface area (Å²) in [4.78, 5) is 21.6. The molecule has 5 rings (SSSR count). The zero-order valence-electron chi connectivity index (χ0n) is 18.8. The number of para-hydroxylation sites is 1. The van der Waals surface area contributed by atoms with Crippen LogP contribution in [0.1, 0.15) is 23.2 Å². The van der Waals surface area contributed by atoms with Crippen LogP contribution in [0.5, 0.6) is 5.75 Å². The van der Waals surface area contributed by atoms with E-state index in [9.17, 15) is 9.90 Å². The molecule has 34 heavy (non-hydrogen) atoms. The molecule has 178 valence electrons. The van der Waals surface area contributed by atoms with Crippen LogP contribution < -0.4 is 10.6 Å². The molecule has 1 saturated heterocycles. The predicted molar refractivity (Wildman–Crippen MR) is 125 cm³/mol. The molecule has 9 heteroatoms. The second-order valence-electron chi connectivity index (χ2n) is 8.28. The Hall–Kier alpha value is -3.53. The SMILES string of the molecule is Cc1cc(COc2ccc(C3=NOC([C@@H]4COC[C@@H]4C(=O)O)C3)cc2)c2ccccc2n1.NO. The molecular formula is C25H27N3O6. The van der Waals surface area contributed by atoms with Crippen LogP contribution in [0, 0.1) is 18.8 Å². The highest BCUT2D eigenvalue weighted by Gasteiger charge is 2.42. The third kappa shape index (κ3) is 5.01. The van der Waals surface area contributed by atoms with Crippen molar-refractivity contribution in [3.05, 3.63) is 71.4 Å². The van der Waals surface area contributed by atoms with Crippen molar-refractivity contribution >= 4 is 22.6 Å². The molecule has 1 fully saturated rings. The fourth-order valence-electron chi connectivity index (χ4n) is 4.41. The first-order valence-corrected chi connectivity index (χ1v) is 11.0. The van der Waals surface area contributed by atoms with Gasteiger partial charge in [0, 0.05) is 29.0 Å². The van der Waals surface area contributed by atoms with Gasteiger partial charge in [0.2, 0.25) is 0 Å². The van der Waals surface area contributed by atoms with Gasteiger partial charge in [0.05, 0.1) is 30.4 Å². The lowest BCUT2D eigenvalue weighted by atomic mass is 9.87. The van der Waals surface area contributed by atoms with Gasteiger partial charge in [-0.2, -0.15) is 0 Å². The van der Waals surface area contributed by atoms with Crippen molar-refractivity contribution in [2.75, 3.05) is 13.2 Å². The van der Waals surface area contributed by atoms with E-state index in [1.54, 1.807) is 0 Å². The van der Waals surface area contributed by atoms with Crippen molar-refractivity contribution in [3.8, 4) is 5.75 Å². The number of fused-ring (bicyclic) bond motifs is 1. The van der Waals surface area contributed by atoms with Gasteiger partial charge in [0.1, 0.15) is 18.5 Å². The van der Waals surface area contributed by atoms with E-state index in [2.05, 4.69) is 28.2 Å². The number of hydrogen-bond acceptors (Lipinski definition) is 8. The number of aliphatic carboxylic acids is 1. The van der Waals surface area contributed by atoms with Gasteiger partial charge in [-0.3, -0.25) is 9.78 Å². The maximum Gasteiger partial charge on any atom is 0.309 e. The van der Waals surface area contributed by atoms with Crippen LogP contribution in [-0.4, -0.2) is 46.3 Å². The lowest BCUT2D eigenvalue weighted by Crippen LogP contribution is -2.32. The first kappa shape index (κ1) is 23.6. The summed E-state index contributed by atoms with van der Waals surface area (Å²) in [6.07, 6.45) is 0.299. The molecule has 3 heterocycles. The maximum atomic E-state index is 11.4. The van der Waals surface area contributed by atoms with Crippen LogP contribution in [0.4, 0.5) is 0 Å². The first-order valence-electron chi connectivity index (χ1n) is 11.0. The third-order valence-electron chi connectivity index (χ3n) is 6.12. The number of carbonyl (C=O) groups is 1. The van der Waals surface area contributed by atoms with Gasteiger partial charge in [-0.05, 0) is 48.9 Å². The molecule has 0 radical (unpaired) electrons. The zero-order chi connectivity index (χ0) is 24.1. The molecule has 2 aliphatic heterocycles. The fraction of sp³-hybridized carbons (Fsp3) is 0.320. The number of ether oxygens (including phenoxy) is 2. The monoisotopic (exact) mass is 465 g/mol. The number of carboxylic acid groups (broad SMARTS) is 1. The van der Waals surface area contributed by atoms with Crippen LogP contribution in [-0.2, 0) is 21.0 Å². The summed E-state index contributed by atoms with van der Waals surface area (Å²) in [5.41, 5.74) is 4.78. The molecule has 0 amide bonds. The number of rotatable bonds is 6. The van der Waals surface area contributed by atoms with Crippen LogP contribution in [0.25, 0.3) is 10.9 Å². The van der Waals surface area contributed by atoms with Gasteiger partial charge >= 0.3 is 5.97 Å². The highest BCUT2D eigenvalue weighted by atomic mass is 16.6. The minimum atomic E-state index is -0.844. The van der Waals surface area contributed by atoms with Crippen LogP contribution >= 0.6 is 0 Å². The first-order chi connectivity index (χ1) is 16.6. The second-order valence-corrected chi connectivity index (χ2v) is 8.28. The fourth-order valence-corrected chi connectivity index (χ4v) is 4.41. The molecule has 0 bridgehead atoms. The molecule has 0 saturated carbocycles. The second kappa shape index (κ2) is 10.6. The average molecular weight is 466 g/mol. The van der Waals surface area contributed by atoms with Gasteiger partial charge < -0.3 is 24.6 Å². The largest absolute Gasteiger partial charge is 0.489 e. The molecule has 9 nitrogen and oxygen atoms in total. The molecule has 3 aromatic rings.